The molecule has 1 heterocycles. The summed E-state index contributed by atoms with van der Waals surface area (Å²) in [6.07, 6.45) is 3.84. The molecule has 1 rings (SSSR count). The van der Waals surface area contributed by atoms with Gasteiger partial charge in [0.05, 0.1) is 6.61 Å². The molecule has 0 amide bonds. The Labute approximate surface area is 101 Å². The van der Waals surface area contributed by atoms with Crippen LogP contribution >= 0.6 is 0 Å². The lowest BCUT2D eigenvalue weighted by Gasteiger charge is -2.32. The second-order valence-corrected chi connectivity index (χ2v) is 4.82. The van der Waals surface area contributed by atoms with Crippen molar-refractivity contribution in [1.29, 1.82) is 0 Å². The van der Waals surface area contributed by atoms with E-state index in [-0.39, 0.29) is 0 Å². The molecule has 0 aromatic rings. The van der Waals surface area contributed by atoms with Crippen LogP contribution in [0.3, 0.4) is 0 Å². The van der Waals surface area contributed by atoms with E-state index < -0.39 is 0 Å². The van der Waals surface area contributed by atoms with Gasteiger partial charge in [0.25, 0.3) is 0 Å². The molecule has 0 aliphatic carbocycles. The van der Waals surface area contributed by atoms with Gasteiger partial charge in [0.2, 0.25) is 0 Å². The minimum atomic E-state index is 0.732. The first kappa shape index (κ1) is 13.9. The summed E-state index contributed by atoms with van der Waals surface area (Å²) < 4.78 is 5.22. The molecule has 0 radical (unpaired) electrons. The van der Waals surface area contributed by atoms with Gasteiger partial charge in [0.1, 0.15) is 0 Å². The molecule has 96 valence electrons. The van der Waals surface area contributed by atoms with Crippen LogP contribution in [0.25, 0.3) is 0 Å². The summed E-state index contributed by atoms with van der Waals surface area (Å²) in [6.45, 7) is 10.2. The Kier molecular flexibility index (Phi) is 7.01. The summed E-state index contributed by atoms with van der Waals surface area (Å²) in [7, 11) is 1.79. The zero-order valence-electron chi connectivity index (χ0n) is 11.2. The highest BCUT2D eigenvalue weighted by molar-refractivity contribution is 4.78. The maximum Gasteiger partial charge on any atom is 0.0589 e. The Morgan fingerprint density at radius 2 is 2.12 bits per heavy atom. The van der Waals surface area contributed by atoms with Crippen molar-refractivity contribution in [3.63, 3.8) is 0 Å². The second kappa shape index (κ2) is 8.04. The van der Waals surface area contributed by atoms with Gasteiger partial charge in [-0.2, -0.15) is 0 Å². The number of nitrogens with one attached hydrogen (secondary N) is 1. The normalized spacial score (nSPS) is 21.2. The molecule has 1 aliphatic heterocycles. The van der Waals surface area contributed by atoms with Gasteiger partial charge >= 0.3 is 0 Å². The molecule has 1 atom stereocenters. The maximum atomic E-state index is 5.22. The molecule has 3 heteroatoms. The zero-order chi connectivity index (χ0) is 11.8. The maximum absolute atomic E-state index is 5.22. The summed E-state index contributed by atoms with van der Waals surface area (Å²) in [4.78, 5) is 2.63. The first-order valence-electron chi connectivity index (χ1n) is 6.75. The van der Waals surface area contributed by atoms with Crippen LogP contribution in [0.15, 0.2) is 0 Å². The number of hydrogen-bond acceptors (Lipinski definition) is 3. The lowest BCUT2D eigenvalue weighted by atomic mass is 10.0. The van der Waals surface area contributed by atoms with Gasteiger partial charge in [-0.05, 0) is 38.3 Å². The molecule has 0 aromatic carbocycles. The van der Waals surface area contributed by atoms with Crippen molar-refractivity contribution in [3.8, 4) is 0 Å². The van der Waals surface area contributed by atoms with Crippen molar-refractivity contribution in [2.45, 2.75) is 39.2 Å². The quantitative estimate of drug-likeness (QED) is 0.685. The highest BCUT2D eigenvalue weighted by Gasteiger charge is 2.21. The third-order valence-corrected chi connectivity index (χ3v) is 3.70. The number of hydrogen-bond donors (Lipinski definition) is 1. The van der Waals surface area contributed by atoms with E-state index in [1.165, 1.54) is 38.9 Å². The van der Waals surface area contributed by atoms with Crippen LogP contribution < -0.4 is 5.32 Å². The van der Waals surface area contributed by atoms with Crippen LogP contribution in [0.5, 0.6) is 0 Å². The fourth-order valence-electron chi connectivity index (χ4n) is 2.64. The van der Waals surface area contributed by atoms with Gasteiger partial charge in [-0.25, -0.2) is 0 Å². The molecule has 3 nitrogen and oxygen atoms in total. The lowest BCUT2D eigenvalue weighted by molar-refractivity contribution is 0.104. The zero-order valence-corrected chi connectivity index (χ0v) is 11.2. The van der Waals surface area contributed by atoms with Crippen molar-refractivity contribution in [2.24, 2.45) is 5.92 Å². The fourth-order valence-corrected chi connectivity index (χ4v) is 2.64. The Morgan fingerprint density at radius 3 is 2.62 bits per heavy atom. The van der Waals surface area contributed by atoms with E-state index in [4.69, 9.17) is 4.74 Å². The topological polar surface area (TPSA) is 24.5 Å². The molecule has 0 saturated carbocycles. The first-order chi connectivity index (χ1) is 7.81. The third-order valence-electron chi connectivity index (χ3n) is 3.70. The first-order valence-corrected chi connectivity index (χ1v) is 6.75. The van der Waals surface area contributed by atoms with E-state index in [0.717, 1.165) is 25.1 Å². The van der Waals surface area contributed by atoms with Crippen LogP contribution in [0.2, 0.25) is 0 Å². The number of rotatable bonds is 8. The van der Waals surface area contributed by atoms with Crippen LogP contribution in [0.1, 0.15) is 33.1 Å². The molecule has 1 fully saturated rings. The van der Waals surface area contributed by atoms with Crippen LogP contribution in [-0.4, -0.2) is 50.8 Å². The third kappa shape index (κ3) is 4.40. The molecule has 16 heavy (non-hydrogen) atoms. The van der Waals surface area contributed by atoms with Gasteiger partial charge in [0, 0.05) is 26.2 Å². The predicted octanol–water partition coefficient (Wildman–Crippen LogP) is 1.73. The summed E-state index contributed by atoms with van der Waals surface area (Å²) in [5.74, 6) is 0.845. The van der Waals surface area contributed by atoms with Gasteiger partial charge in [-0.1, -0.05) is 13.8 Å². The smallest absolute Gasteiger partial charge is 0.0589 e. The number of methoxy groups -OCH3 is 1. The SMILES string of the molecule is CCC(CC)N(CCOC)CC1CCNC1. The van der Waals surface area contributed by atoms with E-state index in [1.54, 1.807) is 7.11 Å². The summed E-state index contributed by atoms with van der Waals surface area (Å²) in [5, 5.41) is 3.45. The van der Waals surface area contributed by atoms with Gasteiger partial charge in [-0.15, -0.1) is 0 Å². The van der Waals surface area contributed by atoms with E-state index in [2.05, 4.69) is 24.1 Å². The van der Waals surface area contributed by atoms with Gasteiger partial charge < -0.3 is 10.1 Å². The average Bonchev–Trinajstić information content (AvgIpc) is 2.80. The predicted molar refractivity (Wildman–Crippen MR) is 68.8 cm³/mol. The number of nitrogens with zero attached hydrogens (tertiary/aromatic N) is 1. The monoisotopic (exact) mass is 228 g/mol. The van der Waals surface area contributed by atoms with E-state index in [1.807, 2.05) is 0 Å². The molecule has 1 unspecified atom stereocenters. The van der Waals surface area contributed by atoms with Crippen LogP contribution in [-0.2, 0) is 4.74 Å². The Bertz CT molecular complexity index is 165. The standard InChI is InChI=1S/C13H28N2O/c1-4-13(5-2)15(8-9-16-3)11-12-6-7-14-10-12/h12-14H,4-11H2,1-3H3. The van der Waals surface area contributed by atoms with E-state index in [0.29, 0.717) is 0 Å². The van der Waals surface area contributed by atoms with E-state index in [9.17, 15) is 0 Å². The summed E-state index contributed by atoms with van der Waals surface area (Å²) in [6, 6.07) is 0.732. The molecular weight excluding hydrogens is 200 g/mol. The summed E-state index contributed by atoms with van der Waals surface area (Å²) >= 11 is 0. The largest absolute Gasteiger partial charge is 0.383 e. The molecule has 1 N–H and O–H groups in total. The minimum absolute atomic E-state index is 0.732. The second-order valence-electron chi connectivity index (χ2n) is 4.82. The number of ether oxygens (including phenoxy) is 1. The molecular formula is C13H28N2O. The Balaban J connectivity index is 2.40. The van der Waals surface area contributed by atoms with Crippen molar-refractivity contribution in [3.05, 3.63) is 0 Å². The highest BCUT2D eigenvalue weighted by atomic mass is 16.5. The average molecular weight is 228 g/mol. The molecule has 1 aliphatic rings. The van der Waals surface area contributed by atoms with Crippen LogP contribution in [0, 0.1) is 5.92 Å². The molecule has 0 aromatic heterocycles. The lowest BCUT2D eigenvalue weighted by Crippen LogP contribution is -2.40. The molecule has 0 spiro atoms. The van der Waals surface area contributed by atoms with Crippen molar-refractivity contribution >= 4 is 0 Å². The molecule has 1 saturated heterocycles. The fraction of sp³-hybridized carbons (Fsp3) is 1.00. The minimum Gasteiger partial charge on any atom is -0.383 e. The molecule has 0 bridgehead atoms. The van der Waals surface area contributed by atoms with Crippen molar-refractivity contribution in [1.82, 2.24) is 10.2 Å². The van der Waals surface area contributed by atoms with Gasteiger partial charge in [0.15, 0.2) is 0 Å². The highest BCUT2D eigenvalue weighted by Crippen LogP contribution is 2.15. The van der Waals surface area contributed by atoms with E-state index >= 15 is 0 Å². The summed E-state index contributed by atoms with van der Waals surface area (Å²) in [5.41, 5.74) is 0. The van der Waals surface area contributed by atoms with Crippen LogP contribution in [0.4, 0.5) is 0 Å². The Hall–Kier alpha value is -0.120. The van der Waals surface area contributed by atoms with Crippen molar-refractivity contribution < 1.29 is 4.74 Å². The van der Waals surface area contributed by atoms with Gasteiger partial charge in [-0.3, -0.25) is 4.90 Å². The Morgan fingerprint density at radius 1 is 1.38 bits per heavy atom. The van der Waals surface area contributed by atoms with Crippen molar-refractivity contribution in [2.75, 3.05) is 39.9 Å².